The minimum absolute atomic E-state index is 0.163. The van der Waals surface area contributed by atoms with Crippen molar-refractivity contribution in [2.75, 3.05) is 51.8 Å². The lowest BCUT2D eigenvalue weighted by atomic mass is 10.2. The minimum atomic E-state index is -3.70. The number of thiazole rings is 1. The first kappa shape index (κ1) is 28.4. The van der Waals surface area contributed by atoms with Crippen LogP contribution in [0.1, 0.15) is 37.6 Å². The van der Waals surface area contributed by atoms with Crippen molar-refractivity contribution >= 4 is 42.6 Å². The topological polar surface area (TPSA) is 92.3 Å². The zero-order valence-electron chi connectivity index (χ0n) is 22.6. The van der Waals surface area contributed by atoms with Gasteiger partial charge in [0.05, 0.1) is 28.4 Å². The number of rotatable bonds is 10. The van der Waals surface area contributed by atoms with Crippen molar-refractivity contribution in [3.05, 3.63) is 48.0 Å². The molecule has 206 valence electrons. The van der Waals surface area contributed by atoms with Crippen molar-refractivity contribution < 1.29 is 22.7 Å². The van der Waals surface area contributed by atoms with Crippen molar-refractivity contribution in [3.63, 3.8) is 0 Å². The van der Waals surface area contributed by atoms with Crippen LogP contribution in [0.25, 0.3) is 10.2 Å². The summed E-state index contributed by atoms with van der Waals surface area (Å²) in [6, 6.07) is 12.0. The summed E-state index contributed by atoms with van der Waals surface area (Å²) in [5, 5.41) is 0.587. The molecule has 1 amide bonds. The largest absolute Gasteiger partial charge is 0.492 e. The van der Waals surface area contributed by atoms with E-state index in [-0.39, 0.29) is 23.0 Å². The number of amides is 1. The summed E-state index contributed by atoms with van der Waals surface area (Å²) in [6.07, 6.45) is 0.400. The van der Waals surface area contributed by atoms with Crippen LogP contribution in [0.4, 0.5) is 5.13 Å². The Morgan fingerprint density at radius 1 is 1.11 bits per heavy atom. The minimum Gasteiger partial charge on any atom is -0.492 e. The molecule has 0 aliphatic carbocycles. The number of benzene rings is 2. The number of aromatic nitrogens is 1. The fourth-order valence-corrected chi connectivity index (χ4v) is 7.13. The third-order valence-electron chi connectivity index (χ3n) is 6.26. The monoisotopic (exact) mass is 560 g/mol. The molecule has 2 aromatic carbocycles. The lowest BCUT2D eigenvalue weighted by molar-refractivity contribution is -0.0440. The summed E-state index contributed by atoms with van der Waals surface area (Å²) in [7, 11) is 0.291. The highest BCUT2D eigenvalue weighted by Gasteiger charge is 2.32. The van der Waals surface area contributed by atoms with E-state index in [1.54, 1.807) is 17.0 Å². The summed E-state index contributed by atoms with van der Waals surface area (Å²) in [6.45, 7) is 8.07. The van der Waals surface area contributed by atoms with Crippen LogP contribution in [-0.2, 0) is 14.8 Å². The highest BCUT2D eigenvalue weighted by molar-refractivity contribution is 7.89. The molecule has 3 aromatic rings. The van der Waals surface area contributed by atoms with E-state index >= 15 is 0 Å². The van der Waals surface area contributed by atoms with Crippen LogP contribution < -0.4 is 9.64 Å². The molecular weight excluding hydrogens is 524 g/mol. The van der Waals surface area contributed by atoms with E-state index in [9.17, 15) is 13.2 Å². The Morgan fingerprint density at radius 2 is 1.79 bits per heavy atom. The highest BCUT2D eigenvalue weighted by Crippen LogP contribution is 2.35. The summed E-state index contributed by atoms with van der Waals surface area (Å²) in [4.78, 5) is 22.4. The van der Waals surface area contributed by atoms with Crippen molar-refractivity contribution in [1.29, 1.82) is 0 Å². The van der Waals surface area contributed by atoms with Gasteiger partial charge in [-0.2, -0.15) is 4.31 Å². The van der Waals surface area contributed by atoms with Gasteiger partial charge in [0.15, 0.2) is 5.13 Å². The molecule has 1 aliphatic heterocycles. The van der Waals surface area contributed by atoms with Gasteiger partial charge in [-0.05, 0) is 84.2 Å². The molecule has 9 nitrogen and oxygen atoms in total. The molecule has 1 fully saturated rings. The van der Waals surface area contributed by atoms with E-state index in [0.29, 0.717) is 42.7 Å². The Balaban J connectivity index is 1.61. The second-order valence-corrected chi connectivity index (χ2v) is 12.7. The van der Waals surface area contributed by atoms with Gasteiger partial charge in [0.2, 0.25) is 10.0 Å². The van der Waals surface area contributed by atoms with Gasteiger partial charge in [-0.1, -0.05) is 17.4 Å². The van der Waals surface area contributed by atoms with Crippen molar-refractivity contribution in [2.24, 2.45) is 0 Å². The number of nitrogens with zero attached hydrogens (tertiary/aromatic N) is 4. The molecular formula is C27H36N4O5S2. The van der Waals surface area contributed by atoms with Gasteiger partial charge in [-0.15, -0.1) is 0 Å². The molecule has 1 saturated heterocycles. The number of carbonyl (C=O) groups is 1. The van der Waals surface area contributed by atoms with Gasteiger partial charge in [0.1, 0.15) is 11.3 Å². The molecule has 2 unspecified atom stereocenters. The number of ether oxygens (including phenoxy) is 2. The lowest BCUT2D eigenvalue weighted by Crippen LogP contribution is -2.48. The molecule has 0 saturated carbocycles. The lowest BCUT2D eigenvalue weighted by Gasteiger charge is -2.34. The summed E-state index contributed by atoms with van der Waals surface area (Å²) < 4.78 is 40.3. The first-order valence-electron chi connectivity index (χ1n) is 12.8. The number of hydrogen-bond donors (Lipinski definition) is 0. The average molecular weight is 561 g/mol. The van der Waals surface area contributed by atoms with Crippen LogP contribution >= 0.6 is 11.3 Å². The van der Waals surface area contributed by atoms with Gasteiger partial charge in [-0.25, -0.2) is 13.4 Å². The number of morpholine rings is 1. The molecule has 0 spiro atoms. The second-order valence-electron chi connectivity index (χ2n) is 9.75. The predicted octanol–water partition coefficient (Wildman–Crippen LogP) is 4.09. The number of carbonyl (C=O) groups excluding carboxylic acids is 1. The maximum Gasteiger partial charge on any atom is 0.260 e. The molecule has 0 N–H and O–H groups in total. The van der Waals surface area contributed by atoms with Gasteiger partial charge >= 0.3 is 0 Å². The Bertz CT molecular complexity index is 1350. The Labute approximate surface area is 229 Å². The number of fused-ring (bicyclic) bond motifs is 1. The molecule has 1 aromatic heterocycles. The quantitative estimate of drug-likeness (QED) is 0.369. The van der Waals surface area contributed by atoms with Crippen molar-refractivity contribution in [1.82, 2.24) is 14.2 Å². The Hall–Kier alpha value is -2.57. The van der Waals surface area contributed by atoms with Gasteiger partial charge in [0.25, 0.3) is 5.91 Å². The van der Waals surface area contributed by atoms with E-state index in [1.807, 2.05) is 53.1 Å². The van der Waals surface area contributed by atoms with Gasteiger partial charge in [0, 0.05) is 25.2 Å². The van der Waals surface area contributed by atoms with Crippen LogP contribution in [0.2, 0.25) is 0 Å². The zero-order valence-corrected chi connectivity index (χ0v) is 24.2. The number of anilines is 1. The standard InChI is InChI=1S/C27H36N4O5S2/c1-6-35-23-9-7-10-24-25(23)28-27(37-24)31(16-8-15-29(4)5)26(32)21-11-13-22(14-12-21)38(33,34)30-17-19(2)36-20(3)18-30/h7,9-14,19-20H,6,8,15-18H2,1-5H3. The maximum atomic E-state index is 13.7. The summed E-state index contributed by atoms with van der Waals surface area (Å²) in [5.41, 5.74) is 1.14. The van der Waals surface area contributed by atoms with Crippen molar-refractivity contribution in [2.45, 2.75) is 44.3 Å². The zero-order chi connectivity index (χ0) is 27.4. The van der Waals surface area contributed by atoms with Crippen LogP contribution in [0.3, 0.4) is 0 Å². The molecule has 2 atom stereocenters. The van der Waals surface area contributed by atoms with Crippen LogP contribution in [-0.4, -0.2) is 87.6 Å². The molecule has 0 bridgehead atoms. The summed E-state index contributed by atoms with van der Waals surface area (Å²) >= 11 is 1.44. The Morgan fingerprint density at radius 3 is 2.42 bits per heavy atom. The van der Waals surface area contributed by atoms with E-state index < -0.39 is 10.0 Å². The SMILES string of the molecule is CCOc1cccc2sc(N(CCCN(C)C)C(=O)c3ccc(S(=O)(=O)N4CC(C)OC(C)C4)cc3)nc12. The van der Waals surface area contributed by atoms with Crippen molar-refractivity contribution in [3.8, 4) is 5.75 Å². The summed E-state index contributed by atoms with van der Waals surface area (Å²) in [5.74, 6) is 0.466. The van der Waals surface area contributed by atoms with E-state index in [0.717, 1.165) is 23.2 Å². The number of para-hydroxylation sites is 1. The van der Waals surface area contributed by atoms with Gasteiger partial charge in [-0.3, -0.25) is 9.69 Å². The third-order valence-corrected chi connectivity index (χ3v) is 9.15. The normalized spacial score (nSPS) is 18.7. The molecule has 2 heterocycles. The second kappa shape index (κ2) is 12.1. The first-order chi connectivity index (χ1) is 18.1. The predicted molar refractivity (Wildman–Crippen MR) is 151 cm³/mol. The molecule has 4 rings (SSSR count). The van der Waals surface area contributed by atoms with Crippen LogP contribution in [0.5, 0.6) is 5.75 Å². The fourth-order valence-electron chi connectivity index (χ4n) is 4.53. The molecule has 1 aliphatic rings. The van der Waals surface area contributed by atoms with Crippen LogP contribution in [0.15, 0.2) is 47.4 Å². The highest BCUT2D eigenvalue weighted by atomic mass is 32.2. The average Bonchev–Trinajstić information content (AvgIpc) is 3.31. The Kier molecular flexibility index (Phi) is 9.04. The molecule has 38 heavy (non-hydrogen) atoms. The van der Waals surface area contributed by atoms with E-state index in [4.69, 9.17) is 14.5 Å². The molecule has 11 heteroatoms. The fraction of sp³-hybridized carbons (Fsp3) is 0.481. The smallest absolute Gasteiger partial charge is 0.260 e. The van der Waals surface area contributed by atoms with Crippen LogP contribution in [0, 0.1) is 0 Å². The number of sulfonamides is 1. The number of hydrogen-bond acceptors (Lipinski definition) is 8. The molecule has 0 radical (unpaired) electrons. The first-order valence-corrected chi connectivity index (χ1v) is 15.1. The maximum absolute atomic E-state index is 13.7. The third kappa shape index (κ3) is 6.35. The van der Waals surface area contributed by atoms with E-state index in [1.165, 1.54) is 27.8 Å². The van der Waals surface area contributed by atoms with Gasteiger partial charge < -0.3 is 14.4 Å². The van der Waals surface area contributed by atoms with E-state index in [2.05, 4.69) is 4.90 Å².